The predicted molar refractivity (Wildman–Crippen MR) is 133 cm³/mol. The second-order valence-corrected chi connectivity index (χ2v) is 8.26. The lowest BCUT2D eigenvalue weighted by atomic mass is 9.83. The van der Waals surface area contributed by atoms with Gasteiger partial charge in [-0.3, -0.25) is 14.4 Å². The lowest BCUT2D eigenvalue weighted by Gasteiger charge is -2.41. The number of methoxy groups -OCH3 is 2. The van der Waals surface area contributed by atoms with E-state index in [0.29, 0.717) is 34.9 Å². The number of carbonyl (C=O) groups excluding carboxylic acids is 3. The number of piperidine rings is 1. The number of amides is 3. The average molecular weight is 474 g/mol. The van der Waals surface area contributed by atoms with Gasteiger partial charge in [0.1, 0.15) is 11.5 Å². The first-order chi connectivity index (χ1) is 16.9. The Bertz CT molecular complexity index is 1210. The van der Waals surface area contributed by atoms with Crippen molar-refractivity contribution < 1.29 is 23.9 Å². The molecular formula is C27H27N3O5. The molecule has 35 heavy (non-hydrogen) atoms. The number of nitrogens with zero attached hydrogens (tertiary/aromatic N) is 1. The molecule has 0 spiro atoms. The van der Waals surface area contributed by atoms with Crippen molar-refractivity contribution in [2.75, 3.05) is 24.4 Å². The summed E-state index contributed by atoms with van der Waals surface area (Å²) in [6, 6.07) is 20.5. The molecule has 0 aliphatic carbocycles. The fourth-order valence-corrected chi connectivity index (χ4v) is 4.35. The SMILES string of the molecule is COc1ccc([C@H]2[C@H](C(=O)Nc3ccc(C(N)=O)cc3)CCC(=O)N2c2ccc(OC)cc2)cc1. The van der Waals surface area contributed by atoms with E-state index in [1.54, 1.807) is 55.5 Å². The molecule has 0 saturated carbocycles. The number of rotatable bonds is 7. The van der Waals surface area contributed by atoms with Gasteiger partial charge in [-0.15, -0.1) is 0 Å². The highest BCUT2D eigenvalue weighted by molar-refractivity contribution is 6.00. The number of ether oxygens (including phenoxy) is 2. The summed E-state index contributed by atoms with van der Waals surface area (Å²) in [6.45, 7) is 0. The quantitative estimate of drug-likeness (QED) is 0.540. The molecule has 3 aromatic carbocycles. The highest BCUT2D eigenvalue weighted by atomic mass is 16.5. The summed E-state index contributed by atoms with van der Waals surface area (Å²) >= 11 is 0. The van der Waals surface area contributed by atoms with Crippen molar-refractivity contribution in [2.24, 2.45) is 11.7 Å². The maximum absolute atomic E-state index is 13.5. The molecule has 1 fully saturated rings. The molecule has 3 N–H and O–H groups in total. The Kier molecular flexibility index (Phi) is 7.01. The highest BCUT2D eigenvalue weighted by Gasteiger charge is 2.41. The summed E-state index contributed by atoms with van der Waals surface area (Å²) in [5.41, 5.74) is 7.70. The van der Waals surface area contributed by atoms with Crippen LogP contribution in [0.5, 0.6) is 11.5 Å². The van der Waals surface area contributed by atoms with Gasteiger partial charge in [-0.05, 0) is 72.6 Å². The van der Waals surface area contributed by atoms with Crippen LogP contribution in [0.25, 0.3) is 0 Å². The maximum Gasteiger partial charge on any atom is 0.248 e. The molecule has 4 rings (SSSR count). The van der Waals surface area contributed by atoms with Crippen LogP contribution in [-0.2, 0) is 9.59 Å². The Morgan fingerprint density at radius 3 is 2.00 bits per heavy atom. The van der Waals surface area contributed by atoms with E-state index in [9.17, 15) is 14.4 Å². The largest absolute Gasteiger partial charge is 0.497 e. The van der Waals surface area contributed by atoms with Crippen LogP contribution in [0.3, 0.4) is 0 Å². The normalized spacial score (nSPS) is 17.5. The lowest BCUT2D eigenvalue weighted by molar-refractivity contribution is -0.125. The molecule has 1 heterocycles. The Hall–Kier alpha value is -4.33. The highest BCUT2D eigenvalue weighted by Crippen LogP contribution is 2.41. The van der Waals surface area contributed by atoms with E-state index in [-0.39, 0.29) is 18.2 Å². The minimum absolute atomic E-state index is 0.0640. The zero-order valence-electron chi connectivity index (χ0n) is 19.6. The van der Waals surface area contributed by atoms with Crippen LogP contribution in [0.4, 0.5) is 11.4 Å². The Morgan fingerprint density at radius 2 is 1.46 bits per heavy atom. The molecule has 0 unspecified atom stereocenters. The van der Waals surface area contributed by atoms with Crippen molar-refractivity contribution in [3.63, 3.8) is 0 Å². The molecule has 180 valence electrons. The van der Waals surface area contributed by atoms with Crippen LogP contribution >= 0.6 is 0 Å². The third-order valence-corrected chi connectivity index (χ3v) is 6.18. The zero-order valence-corrected chi connectivity index (χ0v) is 19.6. The predicted octanol–water partition coefficient (Wildman–Crippen LogP) is 3.93. The van der Waals surface area contributed by atoms with Crippen LogP contribution in [0.1, 0.15) is 34.8 Å². The monoisotopic (exact) mass is 473 g/mol. The van der Waals surface area contributed by atoms with Gasteiger partial charge >= 0.3 is 0 Å². The number of carbonyl (C=O) groups is 3. The smallest absolute Gasteiger partial charge is 0.248 e. The Labute approximate surface area is 203 Å². The van der Waals surface area contributed by atoms with Crippen LogP contribution in [0.2, 0.25) is 0 Å². The number of primary amides is 1. The summed E-state index contributed by atoms with van der Waals surface area (Å²) in [5.74, 6) is 0.0206. The average Bonchev–Trinajstić information content (AvgIpc) is 2.89. The lowest BCUT2D eigenvalue weighted by Crippen LogP contribution is -2.46. The van der Waals surface area contributed by atoms with Gasteiger partial charge in [0.05, 0.1) is 26.2 Å². The third kappa shape index (κ3) is 5.11. The van der Waals surface area contributed by atoms with Gasteiger partial charge in [0.25, 0.3) is 0 Å². The van der Waals surface area contributed by atoms with Crippen molar-refractivity contribution in [3.8, 4) is 11.5 Å². The molecular weight excluding hydrogens is 446 g/mol. The minimum atomic E-state index is -0.539. The van der Waals surface area contributed by atoms with E-state index in [0.717, 1.165) is 5.56 Å². The van der Waals surface area contributed by atoms with Crippen LogP contribution in [0, 0.1) is 5.92 Å². The Balaban J connectivity index is 1.69. The van der Waals surface area contributed by atoms with Gasteiger partial charge in [0.15, 0.2) is 0 Å². The summed E-state index contributed by atoms with van der Waals surface area (Å²) in [4.78, 5) is 39.7. The summed E-state index contributed by atoms with van der Waals surface area (Å²) < 4.78 is 10.5. The van der Waals surface area contributed by atoms with Crippen molar-refractivity contribution in [1.82, 2.24) is 0 Å². The van der Waals surface area contributed by atoms with E-state index >= 15 is 0 Å². The first-order valence-corrected chi connectivity index (χ1v) is 11.2. The Morgan fingerprint density at radius 1 is 0.886 bits per heavy atom. The van der Waals surface area contributed by atoms with Crippen LogP contribution < -0.4 is 25.4 Å². The second kappa shape index (κ2) is 10.3. The zero-order chi connectivity index (χ0) is 24.9. The fraction of sp³-hybridized carbons (Fsp3) is 0.222. The van der Waals surface area contributed by atoms with Crippen molar-refractivity contribution in [2.45, 2.75) is 18.9 Å². The second-order valence-electron chi connectivity index (χ2n) is 8.26. The minimum Gasteiger partial charge on any atom is -0.497 e. The standard InChI is InChI=1S/C27H27N3O5/c1-34-21-11-5-17(6-12-21)25-23(27(33)29-19-7-3-18(4-8-19)26(28)32)15-16-24(31)30(25)20-9-13-22(35-2)14-10-20/h3-14,23,25H,15-16H2,1-2H3,(H2,28,32)(H,29,33)/t23-,25+/m1/s1. The molecule has 1 aliphatic heterocycles. The first-order valence-electron chi connectivity index (χ1n) is 11.2. The molecule has 8 heteroatoms. The van der Waals surface area contributed by atoms with Gasteiger partial charge in [-0.2, -0.15) is 0 Å². The van der Waals surface area contributed by atoms with Gasteiger partial charge < -0.3 is 25.4 Å². The molecule has 0 bridgehead atoms. The third-order valence-electron chi connectivity index (χ3n) is 6.18. The van der Waals surface area contributed by atoms with Crippen molar-refractivity contribution in [3.05, 3.63) is 83.9 Å². The van der Waals surface area contributed by atoms with E-state index in [2.05, 4.69) is 5.32 Å². The number of hydrogen-bond acceptors (Lipinski definition) is 5. The maximum atomic E-state index is 13.5. The summed E-state index contributed by atoms with van der Waals surface area (Å²) in [6.07, 6.45) is 0.630. The molecule has 8 nitrogen and oxygen atoms in total. The van der Waals surface area contributed by atoms with E-state index in [1.165, 1.54) is 0 Å². The molecule has 2 atom stereocenters. The number of hydrogen-bond donors (Lipinski definition) is 2. The van der Waals surface area contributed by atoms with Gasteiger partial charge in [0, 0.05) is 23.4 Å². The molecule has 3 aromatic rings. The molecule has 0 aromatic heterocycles. The van der Waals surface area contributed by atoms with Crippen LogP contribution in [-0.4, -0.2) is 31.9 Å². The van der Waals surface area contributed by atoms with E-state index < -0.39 is 17.9 Å². The fourth-order valence-electron chi connectivity index (χ4n) is 4.35. The topological polar surface area (TPSA) is 111 Å². The molecule has 1 saturated heterocycles. The number of nitrogens with one attached hydrogen (secondary N) is 1. The number of benzene rings is 3. The first kappa shape index (κ1) is 23.8. The number of anilines is 2. The van der Waals surface area contributed by atoms with Crippen molar-refractivity contribution >= 4 is 29.1 Å². The summed E-state index contributed by atoms with van der Waals surface area (Å²) in [7, 11) is 3.17. The van der Waals surface area contributed by atoms with Gasteiger partial charge in [-0.25, -0.2) is 0 Å². The molecule has 0 radical (unpaired) electrons. The van der Waals surface area contributed by atoms with E-state index in [4.69, 9.17) is 15.2 Å². The molecule has 1 aliphatic rings. The summed E-state index contributed by atoms with van der Waals surface area (Å²) in [5, 5.41) is 2.93. The van der Waals surface area contributed by atoms with Gasteiger partial charge in [0.2, 0.25) is 17.7 Å². The van der Waals surface area contributed by atoms with Crippen LogP contribution in [0.15, 0.2) is 72.8 Å². The number of nitrogens with two attached hydrogens (primary N) is 1. The molecule has 3 amide bonds. The van der Waals surface area contributed by atoms with E-state index in [1.807, 2.05) is 36.4 Å². The van der Waals surface area contributed by atoms with Gasteiger partial charge in [-0.1, -0.05) is 12.1 Å². The van der Waals surface area contributed by atoms with Crippen molar-refractivity contribution in [1.29, 1.82) is 0 Å².